The number of hydrogen-bond acceptors (Lipinski definition) is 2. The van der Waals surface area contributed by atoms with Crippen molar-refractivity contribution >= 4 is 12.5 Å². The lowest BCUT2D eigenvalue weighted by atomic mass is 10.3. The largest absolute Gasteiger partial charge is 0.298 e. The van der Waals surface area contributed by atoms with Gasteiger partial charge in [0.05, 0.1) is 0 Å². The fourth-order valence-electron chi connectivity index (χ4n) is 0.733. The van der Waals surface area contributed by atoms with Crippen molar-refractivity contribution in [1.29, 1.82) is 0 Å². The zero-order chi connectivity index (χ0) is 8.27. The zero-order valence-electron chi connectivity index (χ0n) is 5.86. The number of aldehydes is 1. The number of nitrogens with zero attached hydrogens (tertiary/aromatic N) is 1. The van der Waals surface area contributed by atoms with E-state index >= 15 is 0 Å². The highest BCUT2D eigenvalue weighted by atomic mass is 16.1. The summed E-state index contributed by atoms with van der Waals surface area (Å²) in [6.07, 6.45) is 3.47. The molecule has 0 aromatic carbocycles. The van der Waals surface area contributed by atoms with Crippen molar-refractivity contribution in [2.24, 2.45) is 0 Å². The van der Waals surface area contributed by atoms with Gasteiger partial charge in [0.15, 0.2) is 6.29 Å². The third kappa shape index (κ3) is 1.43. The van der Waals surface area contributed by atoms with Crippen molar-refractivity contribution in [3.63, 3.8) is 0 Å². The first-order valence-corrected chi connectivity index (χ1v) is 3.08. The van der Waals surface area contributed by atoms with Gasteiger partial charge in [0.2, 0.25) is 0 Å². The van der Waals surface area contributed by atoms with Crippen LogP contribution in [0.4, 0.5) is 0 Å². The van der Waals surface area contributed by atoms with Gasteiger partial charge < -0.3 is 0 Å². The molecule has 0 fully saturated rings. The average Bonchev–Trinajstić information content (AvgIpc) is 2.05. The second-order valence-electron chi connectivity index (χ2n) is 2.01. The molecule has 0 unspecified atom stereocenters. The van der Waals surface area contributed by atoms with Crippen LogP contribution in [0.1, 0.15) is 10.4 Å². The van der Waals surface area contributed by atoms with E-state index in [2.05, 4.69) is 6.58 Å². The van der Waals surface area contributed by atoms with Crippen molar-refractivity contribution < 1.29 is 4.79 Å². The Morgan fingerprint density at radius 3 is 2.73 bits per heavy atom. The first-order chi connectivity index (χ1) is 5.27. The van der Waals surface area contributed by atoms with Crippen LogP contribution in [0, 0.1) is 0 Å². The van der Waals surface area contributed by atoms with E-state index < -0.39 is 0 Å². The van der Waals surface area contributed by atoms with Crippen molar-refractivity contribution in [3.05, 3.63) is 40.8 Å². The summed E-state index contributed by atoms with van der Waals surface area (Å²) in [4.78, 5) is 21.1. The highest BCUT2D eigenvalue weighted by Gasteiger charge is 1.92. The molecule has 0 radical (unpaired) electrons. The Balaban J connectivity index is 3.33. The number of hydrogen-bond donors (Lipinski definition) is 0. The van der Waals surface area contributed by atoms with Crippen LogP contribution in [0.15, 0.2) is 29.7 Å². The lowest BCUT2D eigenvalue weighted by molar-refractivity contribution is 0.112. The van der Waals surface area contributed by atoms with Crippen LogP contribution in [0.2, 0.25) is 0 Å². The van der Waals surface area contributed by atoms with Crippen molar-refractivity contribution in [2.75, 3.05) is 0 Å². The van der Waals surface area contributed by atoms with E-state index in [1.54, 1.807) is 0 Å². The highest BCUT2D eigenvalue weighted by molar-refractivity contribution is 5.74. The third-order valence-corrected chi connectivity index (χ3v) is 1.29. The lowest BCUT2D eigenvalue weighted by Crippen LogP contribution is -2.13. The molecular formula is C8H7NO2. The van der Waals surface area contributed by atoms with Gasteiger partial charge in [0.25, 0.3) is 5.56 Å². The summed E-state index contributed by atoms with van der Waals surface area (Å²) < 4.78 is 1.25. The Labute approximate surface area is 63.6 Å². The smallest absolute Gasteiger partial charge is 0.254 e. The molecule has 0 spiro atoms. The summed E-state index contributed by atoms with van der Waals surface area (Å²) in [5, 5.41) is 0. The van der Waals surface area contributed by atoms with Gasteiger partial charge in [-0.3, -0.25) is 14.2 Å². The minimum absolute atomic E-state index is 0.189. The molecule has 1 aromatic heterocycles. The number of carbonyl (C=O) groups is 1. The summed E-state index contributed by atoms with van der Waals surface area (Å²) in [6.45, 7) is 3.41. The normalized spacial score (nSPS) is 9.09. The second kappa shape index (κ2) is 2.96. The molecule has 0 atom stereocenters. The van der Waals surface area contributed by atoms with E-state index in [0.717, 1.165) is 0 Å². The summed E-state index contributed by atoms with van der Waals surface area (Å²) in [5.41, 5.74) is 0.273. The summed E-state index contributed by atoms with van der Waals surface area (Å²) in [5.74, 6) is 0. The molecule has 1 rings (SSSR count). The number of aromatic nitrogens is 1. The molecule has 3 nitrogen and oxygen atoms in total. The molecule has 56 valence electrons. The second-order valence-corrected chi connectivity index (χ2v) is 2.01. The topological polar surface area (TPSA) is 39.1 Å². The van der Waals surface area contributed by atoms with E-state index in [-0.39, 0.29) is 5.56 Å². The summed E-state index contributed by atoms with van der Waals surface area (Å²) in [7, 11) is 0. The zero-order valence-corrected chi connectivity index (χ0v) is 5.86. The molecule has 1 heterocycles. The monoisotopic (exact) mass is 149 g/mol. The molecule has 0 bridgehead atoms. The summed E-state index contributed by atoms with van der Waals surface area (Å²) >= 11 is 0. The van der Waals surface area contributed by atoms with Crippen LogP contribution in [0.5, 0.6) is 0 Å². The minimum Gasteiger partial charge on any atom is -0.298 e. The van der Waals surface area contributed by atoms with Gasteiger partial charge in [-0.2, -0.15) is 0 Å². The molecule has 0 amide bonds. The molecule has 3 heteroatoms. The minimum atomic E-state index is -0.189. The molecule has 1 aromatic rings. The van der Waals surface area contributed by atoms with Crippen LogP contribution >= 0.6 is 0 Å². The quantitative estimate of drug-likeness (QED) is 0.582. The van der Waals surface area contributed by atoms with E-state index in [1.165, 1.54) is 29.1 Å². The first kappa shape index (κ1) is 7.47. The highest BCUT2D eigenvalue weighted by Crippen LogP contribution is 1.90. The Kier molecular flexibility index (Phi) is 2.01. The van der Waals surface area contributed by atoms with Crippen LogP contribution in [0.3, 0.4) is 0 Å². The number of carbonyl (C=O) groups excluding carboxylic acids is 1. The molecule has 0 saturated carbocycles. The summed E-state index contributed by atoms with van der Waals surface area (Å²) in [6, 6.07) is 2.79. The van der Waals surface area contributed by atoms with Gasteiger partial charge >= 0.3 is 0 Å². The van der Waals surface area contributed by atoms with E-state index in [0.29, 0.717) is 11.8 Å². The molecule has 0 aliphatic carbocycles. The van der Waals surface area contributed by atoms with Gasteiger partial charge in [-0.25, -0.2) is 0 Å². The number of pyridine rings is 1. The Bertz CT molecular complexity index is 338. The van der Waals surface area contributed by atoms with E-state index in [9.17, 15) is 9.59 Å². The SMILES string of the molecule is C=Cn1cc(C=O)ccc1=O. The third-order valence-electron chi connectivity index (χ3n) is 1.29. The maximum Gasteiger partial charge on any atom is 0.254 e. The number of rotatable bonds is 2. The van der Waals surface area contributed by atoms with Gasteiger partial charge in [-0.15, -0.1) is 0 Å². The predicted molar refractivity (Wildman–Crippen MR) is 42.5 cm³/mol. The Hall–Kier alpha value is -1.64. The van der Waals surface area contributed by atoms with Gasteiger partial charge in [-0.1, -0.05) is 6.58 Å². The Morgan fingerprint density at radius 2 is 2.18 bits per heavy atom. The van der Waals surface area contributed by atoms with Crippen LogP contribution in [-0.4, -0.2) is 10.9 Å². The molecular weight excluding hydrogens is 142 g/mol. The predicted octanol–water partition coefficient (Wildman–Crippen LogP) is 0.761. The molecule has 0 aliphatic rings. The fourth-order valence-corrected chi connectivity index (χ4v) is 0.733. The Morgan fingerprint density at radius 1 is 1.45 bits per heavy atom. The van der Waals surface area contributed by atoms with Gasteiger partial charge in [0, 0.05) is 24.0 Å². The van der Waals surface area contributed by atoms with Crippen LogP contribution < -0.4 is 5.56 Å². The molecule has 0 saturated heterocycles. The lowest BCUT2D eigenvalue weighted by Gasteiger charge is -1.95. The van der Waals surface area contributed by atoms with Crippen molar-refractivity contribution in [2.45, 2.75) is 0 Å². The molecule has 0 aliphatic heterocycles. The molecule has 11 heavy (non-hydrogen) atoms. The van der Waals surface area contributed by atoms with Gasteiger partial charge in [-0.05, 0) is 6.07 Å². The fraction of sp³-hybridized carbons (Fsp3) is 0. The van der Waals surface area contributed by atoms with Gasteiger partial charge in [0.1, 0.15) is 0 Å². The van der Waals surface area contributed by atoms with Crippen molar-refractivity contribution in [1.82, 2.24) is 4.57 Å². The molecule has 0 N–H and O–H groups in total. The van der Waals surface area contributed by atoms with E-state index in [1.807, 2.05) is 0 Å². The maximum absolute atomic E-state index is 10.9. The first-order valence-electron chi connectivity index (χ1n) is 3.08. The van der Waals surface area contributed by atoms with Crippen LogP contribution in [-0.2, 0) is 0 Å². The maximum atomic E-state index is 10.9. The average molecular weight is 149 g/mol. The van der Waals surface area contributed by atoms with E-state index in [4.69, 9.17) is 0 Å². The van der Waals surface area contributed by atoms with Crippen LogP contribution in [0.25, 0.3) is 6.20 Å². The van der Waals surface area contributed by atoms with Crippen molar-refractivity contribution in [3.8, 4) is 0 Å². The standard InChI is InChI=1S/C8H7NO2/c1-2-9-5-7(6-10)3-4-8(9)11/h2-6H,1H2.